The summed E-state index contributed by atoms with van der Waals surface area (Å²) >= 11 is 1.36. The third-order valence-corrected chi connectivity index (χ3v) is 5.09. The second-order valence-corrected chi connectivity index (χ2v) is 7.50. The van der Waals surface area contributed by atoms with E-state index < -0.39 is 0 Å². The SMILES string of the molecule is COc1ccc(-c2csc(NC(=O)COc3ccccc3C(C)C)n2)cc1OC. The predicted octanol–water partition coefficient (Wildman–Crippen LogP) is 4.97. The molecule has 0 spiro atoms. The Balaban J connectivity index is 1.64. The lowest BCUT2D eigenvalue weighted by Gasteiger charge is -2.13. The van der Waals surface area contributed by atoms with Gasteiger partial charge in [-0.2, -0.15) is 0 Å². The molecule has 1 N–H and O–H groups in total. The summed E-state index contributed by atoms with van der Waals surface area (Å²) in [6, 6.07) is 13.3. The predicted molar refractivity (Wildman–Crippen MR) is 115 cm³/mol. The van der Waals surface area contributed by atoms with Crippen LogP contribution in [0.15, 0.2) is 47.8 Å². The summed E-state index contributed by atoms with van der Waals surface area (Å²) in [5.41, 5.74) is 2.70. The van der Waals surface area contributed by atoms with E-state index in [-0.39, 0.29) is 12.5 Å². The monoisotopic (exact) mass is 412 g/mol. The molecule has 0 radical (unpaired) electrons. The van der Waals surface area contributed by atoms with Crippen LogP contribution in [0.4, 0.5) is 5.13 Å². The van der Waals surface area contributed by atoms with Gasteiger partial charge < -0.3 is 14.2 Å². The molecule has 1 aromatic heterocycles. The van der Waals surface area contributed by atoms with Crippen LogP contribution in [0, 0.1) is 0 Å². The molecule has 0 bridgehead atoms. The molecule has 7 heteroatoms. The highest BCUT2D eigenvalue weighted by Gasteiger charge is 2.13. The first-order chi connectivity index (χ1) is 14.0. The van der Waals surface area contributed by atoms with Crippen LogP contribution in [-0.2, 0) is 4.79 Å². The van der Waals surface area contributed by atoms with Gasteiger partial charge in [0.05, 0.1) is 19.9 Å². The Morgan fingerprint density at radius 2 is 1.83 bits per heavy atom. The van der Waals surface area contributed by atoms with Crippen molar-refractivity contribution in [1.29, 1.82) is 0 Å². The molecule has 29 heavy (non-hydrogen) atoms. The number of ether oxygens (including phenoxy) is 3. The van der Waals surface area contributed by atoms with Crippen molar-refractivity contribution in [3.63, 3.8) is 0 Å². The Morgan fingerprint density at radius 1 is 1.07 bits per heavy atom. The second-order valence-electron chi connectivity index (χ2n) is 6.64. The first-order valence-corrected chi connectivity index (χ1v) is 10.1. The first-order valence-electron chi connectivity index (χ1n) is 9.21. The Kier molecular flexibility index (Phi) is 6.72. The summed E-state index contributed by atoms with van der Waals surface area (Å²) in [5, 5.41) is 5.18. The number of para-hydroxylation sites is 1. The van der Waals surface area contributed by atoms with Crippen LogP contribution in [0.1, 0.15) is 25.3 Å². The number of hydrogen-bond acceptors (Lipinski definition) is 6. The number of nitrogens with one attached hydrogen (secondary N) is 1. The van der Waals surface area contributed by atoms with E-state index in [1.807, 2.05) is 47.8 Å². The molecule has 152 valence electrons. The summed E-state index contributed by atoms with van der Waals surface area (Å²) in [6.07, 6.45) is 0. The molecule has 0 aliphatic carbocycles. The van der Waals surface area contributed by atoms with Crippen molar-refractivity contribution < 1.29 is 19.0 Å². The highest BCUT2D eigenvalue weighted by molar-refractivity contribution is 7.14. The number of aromatic nitrogens is 1. The number of nitrogens with zero attached hydrogens (tertiary/aromatic N) is 1. The molecular weight excluding hydrogens is 388 g/mol. The van der Waals surface area contributed by atoms with Gasteiger partial charge in [-0.15, -0.1) is 11.3 Å². The van der Waals surface area contributed by atoms with E-state index in [0.29, 0.717) is 22.5 Å². The van der Waals surface area contributed by atoms with E-state index >= 15 is 0 Å². The van der Waals surface area contributed by atoms with Gasteiger partial charge in [0, 0.05) is 10.9 Å². The van der Waals surface area contributed by atoms with E-state index in [4.69, 9.17) is 14.2 Å². The fourth-order valence-corrected chi connectivity index (χ4v) is 3.58. The fourth-order valence-electron chi connectivity index (χ4n) is 2.85. The molecule has 6 nitrogen and oxygen atoms in total. The highest BCUT2D eigenvalue weighted by atomic mass is 32.1. The van der Waals surface area contributed by atoms with Crippen molar-refractivity contribution in [1.82, 2.24) is 4.98 Å². The molecule has 0 unspecified atom stereocenters. The van der Waals surface area contributed by atoms with Crippen molar-refractivity contribution in [2.45, 2.75) is 19.8 Å². The van der Waals surface area contributed by atoms with Gasteiger partial charge in [-0.3, -0.25) is 10.1 Å². The van der Waals surface area contributed by atoms with Gasteiger partial charge in [-0.05, 0) is 35.7 Å². The molecular formula is C22H24N2O4S. The third-order valence-electron chi connectivity index (χ3n) is 4.33. The van der Waals surface area contributed by atoms with Crippen LogP contribution >= 0.6 is 11.3 Å². The maximum atomic E-state index is 12.3. The summed E-state index contributed by atoms with van der Waals surface area (Å²) in [4.78, 5) is 16.8. The van der Waals surface area contributed by atoms with Gasteiger partial charge in [-0.1, -0.05) is 32.0 Å². The van der Waals surface area contributed by atoms with Crippen LogP contribution in [-0.4, -0.2) is 31.7 Å². The van der Waals surface area contributed by atoms with Gasteiger partial charge in [0.2, 0.25) is 0 Å². The van der Waals surface area contributed by atoms with Crippen LogP contribution in [0.25, 0.3) is 11.3 Å². The molecule has 2 aromatic carbocycles. The third kappa shape index (κ3) is 5.06. The topological polar surface area (TPSA) is 69.7 Å². The molecule has 0 saturated carbocycles. The molecule has 0 aliphatic rings. The molecule has 0 saturated heterocycles. The van der Waals surface area contributed by atoms with Crippen LogP contribution in [0.3, 0.4) is 0 Å². The summed E-state index contributed by atoms with van der Waals surface area (Å²) < 4.78 is 16.3. The second kappa shape index (κ2) is 9.43. The largest absolute Gasteiger partial charge is 0.493 e. The van der Waals surface area contributed by atoms with E-state index in [2.05, 4.69) is 24.1 Å². The number of anilines is 1. The average Bonchev–Trinajstić information content (AvgIpc) is 3.20. The lowest BCUT2D eigenvalue weighted by atomic mass is 10.0. The van der Waals surface area contributed by atoms with Gasteiger partial charge >= 0.3 is 0 Å². The Morgan fingerprint density at radius 3 is 2.55 bits per heavy atom. The molecule has 1 heterocycles. The van der Waals surface area contributed by atoms with Gasteiger partial charge in [0.15, 0.2) is 23.2 Å². The normalized spacial score (nSPS) is 10.7. The quantitative estimate of drug-likeness (QED) is 0.566. The van der Waals surface area contributed by atoms with Crippen molar-refractivity contribution in [3.8, 4) is 28.5 Å². The van der Waals surface area contributed by atoms with E-state index in [1.54, 1.807) is 14.2 Å². The lowest BCUT2D eigenvalue weighted by Crippen LogP contribution is -2.20. The van der Waals surface area contributed by atoms with Crippen molar-refractivity contribution in [2.75, 3.05) is 26.1 Å². The van der Waals surface area contributed by atoms with E-state index in [9.17, 15) is 4.79 Å². The van der Waals surface area contributed by atoms with Gasteiger partial charge in [0.25, 0.3) is 5.91 Å². The number of carbonyl (C=O) groups is 1. The molecule has 0 fully saturated rings. The maximum Gasteiger partial charge on any atom is 0.264 e. The smallest absolute Gasteiger partial charge is 0.264 e. The van der Waals surface area contributed by atoms with Crippen LogP contribution in [0.5, 0.6) is 17.2 Å². The number of rotatable bonds is 8. The summed E-state index contributed by atoms with van der Waals surface area (Å²) in [6.45, 7) is 4.11. The minimum Gasteiger partial charge on any atom is -0.493 e. The van der Waals surface area contributed by atoms with Crippen LogP contribution in [0.2, 0.25) is 0 Å². The molecule has 3 aromatic rings. The molecule has 1 amide bonds. The number of carbonyl (C=O) groups excluding carboxylic acids is 1. The average molecular weight is 413 g/mol. The van der Waals surface area contributed by atoms with E-state index in [1.165, 1.54) is 11.3 Å². The summed E-state index contributed by atoms with van der Waals surface area (Å²) in [7, 11) is 3.18. The van der Waals surface area contributed by atoms with Crippen LogP contribution < -0.4 is 19.5 Å². The lowest BCUT2D eigenvalue weighted by molar-refractivity contribution is -0.118. The Hall–Kier alpha value is -3.06. The van der Waals surface area contributed by atoms with E-state index in [0.717, 1.165) is 22.6 Å². The van der Waals surface area contributed by atoms with Crippen molar-refractivity contribution >= 4 is 22.4 Å². The Labute approximate surface area is 174 Å². The minimum absolute atomic E-state index is 0.0744. The fraction of sp³-hybridized carbons (Fsp3) is 0.273. The van der Waals surface area contributed by atoms with Gasteiger partial charge in [-0.25, -0.2) is 4.98 Å². The zero-order valence-corrected chi connectivity index (χ0v) is 17.7. The number of amides is 1. The zero-order chi connectivity index (χ0) is 20.8. The first kappa shape index (κ1) is 20.7. The zero-order valence-electron chi connectivity index (χ0n) is 16.9. The van der Waals surface area contributed by atoms with Crippen molar-refractivity contribution in [2.24, 2.45) is 0 Å². The standard InChI is InChI=1S/C22H24N2O4S/c1-14(2)16-7-5-6-8-18(16)28-12-21(25)24-22-23-17(13-29-22)15-9-10-19(26-3)20(11-15)27-4/h5-11,13-14H,12H2,1-4H3,(H,23,24,25). The maximum absolute atomic E-state index is 12.3. The Bertz CT molecular complexity index is 984. The van der Waals surface area contributed by atoms with Crippen molar-refractivity contribution in [3.05, 3.63) is 53.4 Å². The number of hydrogen-bond donors (Lipinski definition) is 1. The molecule has 3 rings (SSSR count). The number of methoxy groups -OCH3 is 2. The minimum atomic E-state index is -0.253. The molecule has 0 aliphatic heterocycles. The molecule has 0 atom stereocenters. The highest BCUT2D eigenvalue weighted by Crippen LogP contribution is 2.33. The summed E-state index contributed by atoms with van der Waals surface area (Å²) in [5.74, 6) is 2.07. The number of thiazole rings is 1. The number of benzene rings is 2. The van der Waals surface area contributed by atoms with Gasteiger partial charge in [0.1, 0.15) is 5.75 Å².